The lowest BCUT2D eigenvalue weighted by Gasteiger charge is -2.30. The Bertz CT molecular complexity index is 755. The topological polar surface area (TPSA) is 63.7 Å². The molecule has 6 nitrogen and oxygen atoms in total. The molecule has 2 aromatic rings. The van der Waals surface area contributed by atoms with E-state index in [1.807, 2.05) is 19.1 Å². The van der Waals surface area contributed by atoms with Gasteiger partial charge in [0.15, 0.2) is 11.5 Å². The molecule has 0 aliphatic rings. The quantitative estimate of drug-likeness (QED) is 0.621. The Morgan fingerprint density at radius 1 is 1.10 bits per heavy atom. The van der Waals surface area contributed by atoms with Crippen LogP contribution in [0.1, 0.15) is 50.5 Å². The number of nitrogens with zero attached hydrogens (tertiary/aromatic N) is 2. The van der Waals surface area contributed by atoms with Crippen LogP contribution in [0.25, 0.3) is 0 Å². The van der Waals surface area contributed by atoms with Crippen molar-refractivity contribution < 1.29 is 14.3 Å². The molecule has 2 rings (SSSR count). The lowest BCUT2D eigenvalue weighted by Crippen LogP contribution is -2.42. The minimum Gasteiger partial charge on any atom is -0.490 e. The van der Waals surface area contributed by atoms with Crippen molar-refractivity contribution in [2.45, 2.75) is 53.3 Å². The van der Waals surface area contributed by atoms with Crippen molar-refractivity contribution in [3.63, 3.8) is 0 Å². The van der Waals surface area contributed by atoms with Gasteiger partial charge in [0, 0.05) is 48.7 Å². The fraction of sp³-hybridized carbons (Fsp3) is 0.478. The number of carbonyl (C=O) groups is 1. The van der Waals surface area contributed by atoms with Crippen molar-refractivity contribution in [1.29, 1.82) is 0 Å². The molecule has 0 saturated carbocycles. The summed E-state index contributed by atoms with van der Waals surface area (Å²) in [5, 5.41) is 3.00. The van der Waals surface area contributed by atoms with E-state index in [-0.39, 0.29) is 5.91 Å². The Balaban J connectivity index is 1.99. The van der Waals surface area contributed by atoms with Gasteiger partial charge in [-0.2, -0.15) is 0 Å². The van der Waals surface area contributed by atoms with E-state index in [4.69, 9.17) is 9.47 Å². The Hall–Kier alpha value is -2.60. The summed E-state index contributed by atoms with van der Waals surface area (Å²) in [6, 6.07) is 9.98. The van der Waals surface area contributed by atoms with E-state index in [0.29, 0.717) is 48.9 Å². The van der Waals surface area contributed by atoms with E-state index in [0.717, 1.165) is 12.1 Å². The number of ether oxygens (including phenoxy) is 2. The molecule has 29 heavy (non-hydrogen) atoms. The Labute approximate surface area is 174 Å². The van der Waals surface area contributed by atoms with Gasteiger partial charge in [-0.25, -0.2) is 0 Å². The highest BCUT2D eigenvalue weighted by molar-refractivity contribution is 5.94. The van der Waals surface area contributed by atoms with Crippen LogP contribution in [0.5, 0.6) is 11.5 Å². The largest absolute Gasteiger partial charge is 0.490 e. The van der Waals surface area contributed by atoms with Crippen LogP contribution in [-0.4, -0.2) is 47.6 Å². The van der Waals surface area contributed by atoms with Crippen molar-refractivity contribution in [1.82, 2.24) is 15.2 Å². The fourth-order valence-corrected chi connectivity index (χ4v) is 3.19. The molecule has 1 aromatic heterocycles. The molecule has 0 aliphatic carbocycles. The third-order valence-corrected chi connectivity index (χ3v) is 4.61. The van der Waals surface area contributed by atoms with Crippen molar-refractivity contribution in [2.75, 3.05) is 19.7 Å². The summed E-state index contributed by atoms with van der Waals surface area (Å²) >= 11 is 0. The van der Waals surface area contributed by atoms with Gasteiger partial charge < -0.3 is 14.8 Å². The third-order valence-electron chi connectivity index (χ3n) is 4.61. The van der Waals surface area contributed by atoms with Gasteiger partial charge in [-0.1, -0.05) is 6.07 Å². The van der Waals surface area contributed by atoms with Crippen LogP contribution in [0.15, 0.2) is 42.7 Å². The first-order chi connectivity index (χ1) is 13.9. The second kappa shape index (κ2) is 11.4. The average Bonchev–Trinajstić information content (AvgIpc) is 2.70. The smallest absolute Gasteiger partial charge is 0.251 e. The molecule has 0 aliphatic heterocycles. The Morgan fingerprint density at radius 2 is 1.86 bits per heavy atom. The minimum atomic E-state index is -0.114. The number of rotatable bonds is 11. The van der Waals surface area contributed by atoms with Crippen molar-refractivity contribution in [3.8, 4) is 11.5 Å². The summed E-state index contributed by atoms with van der Waals surface area (Å²) < 4.78 is 11.6. The molecule has 0 bridgehead atoms. The molecular formula is C23H33N3O3. The molecule has 0 unspecified atom stereocenters. The zero-order valence-corrected chi connectivity index (χ0v) is 18.1. The molecule has 0 atom stereocenters. The first kappa shape index (κ1) is 22.7. The SMILES string of the molecule is CCOc1cc(C(=O)NCCN(C(C)C)C(C)C)ccc1OCc1cccnc1. The normalized spacial score (nSPS) is 11.2. The van der Waals surface area contributed by atoms with Gasteiger partial charge >= 0.3 is 0 Å². The molecular weight excluding hydrogens is 366 g/mol. The second-order valence-electron chi connectivity index (χ2n) is 7.43. The first-order valence-electron chi connectivity index (χ1n) is 10.2. The second-order valence-corrected chi connectivity index (χ2v) is 7.43. The molecule has 1 aromatic carbocycles. The standard InChI is InChI=1S/C23H33N3O3/c1-6-28-22-14-20(23(27)25-12-13-26(17(2)3)18(4)5)9-10-21(22)29-16-19-8-7-11-24-15-19/h7-11,14-15,17-18H,6,12-13,16H2,1-5H3,(H,25,27). The fourth-order valence-electron chi connectivity index (χ4n) is 3.19. The van der Waals surface area contributed by atoms with E-state index in [1.54, 1.807) is 30.6 Å². The first-order valence-corrected chi connectivity index (χ1v) is 10.2. The van der Waals surface area contributed by atoms with Gasteiger partial charge in [-0.15, -0.1) is 0 Å². The lowest BCUT2D eigenvalue weighted by atomic mass is 10.2. The van der Waals surface area contributed by atoms with Gasteiger partial charge in [0.1, 0.15) is 6.61 Å². The number of carbonyl (C=O) groups excluding carboxylic acids is 1. The zero-order chi connectivity index (χ0) is 21.2. The summed E-state index contributed by atoms with van der Waals surface area (Å²) in [6.07, 6.45) is 3.49. The van der Waals surface area contributed by atoms with Crippen LogP contribution in [0.3, 0.4) is 0 Å². The molecule has 158 valence electrons. The molecule has 0 saturated heterocycles. The van der Waals surface area contributed by atoms with Crippen LogP contribution in [0.4, 0.5) is 0 Å². The number of benzene rings is 1. The van der Waals surface area contributed by atoms with E-state index in [2.05, 4.69) is 42.9 Å². The van der Waals surface area contributed by atoms with E-state index < -0.39 is 0 Å². The number of hydrogen-bond acceptors (Lipinski definition) is 5. The van der Waals surface area contributed by atoms with E-state index in [1.165, 1.54) is 0 Å². The Morgan fingerprint density at radius 3 is 2.48 bits per heavy atom. The van der Waals surface area contributed by atoms with Crippen LogP contribution in [-0.2, 0) is 6.61 Å². The molecule has 0 spiro atoms. The zero-order valence-electron chi connectivity index (χ0n) is 18.1. The number of nitrogens with one attached hydrogen (secondary N) is 1. The van der Waals surface area contributed by atoms with Gasteiger partial charge in [0.25, 0.3) is 5.91 Å². The maximum absolute atomic E-state index is 12.6. The molecule has 0 radical (unpaired) electrons. The maximum atomic E-state index is 12.6. The van der Waals surface area contributed by atoms with Gasteiger partial charge in [-0.05, 0) is 58.9 Å². The Kier molecular flexibility index (Phi) is 8.93. The van der Waals surface area contributed by atoms with Crippen LogP contribution >= 0.6 is 0 Å². The van der Waals surface area contributed by atoms with Crippen molar-refractivity contribution in [2.24, 2.45) is 0 Å². The van der Waals surface area contributed by atoms with Crippen LogP contribution < -0.4 is 14.8 Å². The highest BCUT2D eigenvalue weighted by Gasteiger charge is 2.15. The summed E-state index contributed by atoms with van der Waals surface area (Å²) in [4.78, 5) is 19.0. The monoisotopic (exact) mass is 399 g/mol. The van der Waals surface area contributed by atoms with E-state index >= 15 is 0 Å². The predicted octanol–water partition coefficient (Wildman–Crippen LogP) is 3.91. The predicted molar refractivity (Wildman–Crippen MR) is 115 cm³/mol. The third kappa shape index (κ3) is 7.06. The maximum Gasteiger partial charge on any atom is 0.251 e. The van der Waals surface area contributed by atoms with Gasteiger partial charge in [-0.3, -0.25) is 14.7 Å². The molecule has 1 N–H and O–H groups in total. The number of hydrogen-bond donors (Lipinski definition) is 1. The molecule has 1 heterocycles. The van der Waals surface area contributed by atoms with Crippen LogP contribution in [0.2, 0.25) is 0 Å². The van der Waals surface area contributed by atoms with Crippen molar-refractivity contribution in [3.05, 3.63) is 53.9 Å². The lowest BCUT2D eigenvalue weighted by molar-refractivity contribution is 0.0939. The number of aromatic nitrogens is 1. The molecule has 0 fully saturated rings. The van der Waals surface area contributed by atoms with Gasteiger partial charge in [0.2, 0.25) is 0 Å². The number of pyridine rings is 1. The number of amides is 1. The summed E-state index contributed by atoms with van der Waals surface area (Å²) in [5.41, 5.74) is 1.53. The summed E-state index contributed by atoms with van der Waals surface area (Å²) in [5.74, 6) is 1.06. The molecule has 1 amide bonds. The van der Waals surface area contributed by atoms with Crippen molar-refractivity contribution >= 4 is 5.91 Å². The summed E-state index contributed by atoms with van der Waals surface area (Å²) in [7, 11) is 0. The van der Waals surface area contributed by atoms with E-state index in [9.17, 15) is 4.79 Å². The minimum absolute atomic E-state index is 0.114. The van der Waals surface area contributed by atoms with Gasteiger partial charge in [0.05, 0.1) is 6.61 Å². The van der Waals surface area contributed by atoms with Crippen LogP contribution in [0, 0.1) is 0 Å². The summed E-state index contributed by atoms with van der Waals surface area (Å²) in [6.45, 7) is 12.9. The highest BCUT2D eigenvalue weighted by atomic mass is 16.5. The molecule has 6 heteroatoms. The average molecular weight is 400 g/mol. The highest BCUT2D eigenvalue weighted by Crippen LogP contribution is 2.29.